The smallest absolute Gasteiger partial charge is 0.449 e. The highest BCUT2D eigenvalue weighted by Crippen LogP contribution is 2.21. The Labute approximate surface area is 110 Å². The fourth-order valence-corrected chi connectivity index (χ4v) is 1.70. The third-order valence-electron chi connectivity index (χ3n) is 2.64. The molecule has 1 N–H and O–H groups in total. The van der Waals surface area contributed by atoms with Crippen LogP contribution in [0.15, 0.2) is 48.5 Å². The van der Waals surface area contributed by atoms with E-state index in [4.69, 9.17) is 5.11 Å². The van der Waals surface area contributed by atoms with Crippen molar-refractivity contribution >= 4 is 11.9 Å². The van der Waals surface area contributed by atoms with Crippen molar-refractivity contribution < 1.29 is 19.4 Å². The maximum absolute atomic E-state index is 12.3. The molecule has 0 saturated carbocycles. The Morgan fingerprint density at radius 1 is 1.00 bits per heavy atom. The van der Waals surface area contributed by atoms with Crippen LogP contribution in [0.1, 0.15) is 21.5 Å². The van der Waals surface area contributed by atoms with Gasteiger partial charge in [-0.1, -0.05) is 42.0 Å². The minimum atomic E-state index is -1.44. The third-order valence-corrected chi connectivity index (χ3v) is 2.64. The molecule has 0 radical (unpaired) electrons. The summed E-state index contributed by atoms with van der Waals surface area (Å²) in [6, 6.07) is 13.3. The van der Waals surface area contributed by atoms with E-state index in [-0.39, 0.29) is 17.1 Å². The van der Waals surface area contributed by atoms with Crippen molar-refractivity contribution in [3.63, 3.8) is 0 Å². The molecule has 2 aromatic carbocycles. The molecule has 0 atom stereocenters. The summed E-state index contributed by atoms with van der Waals surface area (Å²) in [4.78, 5) is 22.9. The van der Waals surface area contributed by atoms with Gasteiger partial charge in [-0.3, -0.25) is 4.79 Å². The SMILES string of the molecule is Cc1ccc(C(=O)c2ccccc2OC(=O)O)cc1. The molecule has 2 aromatic rings. The molecule has 0 heterocycles. The van der Waals surface area contributed by atoms with Crippen LogP contribution < -0.4 is 4.74 Å². The van der Waals surface area contributed by atoms with Gasteiger partial charge >= 0.3 is 6.16 Å². The van der Waals surface area contributed by atoms with Crippen LogP contribution in [0.3, 0.4) is 0 Å². The molecule has 0 unspecified atom stereocenters. The number of rotatable bonds is 3. The predicted molar refractivity (Wildman–Crippen MR) is 69.7 cm³/mol. The molecule has 0 aliphatic heterocycles. The lowest BCUT2D eigenvalue weighted by molar-refractivity contribution is 0.103. The van der Waals surface area contributed by atoms with Gasteiger partial charge in [0.1, 0.15) is 5.75 Å². The number of carbonyl (C=O) groups excluding carboxylic acids is 1. The van der Waals surface area contributed by atoms with Crippen LogP contribution in [-0.2, 0) is 0 Å². The summed E-state index contributed by atoms with van der Waals surface area (Å²) in [5, 5.41) is 8.65. The molecule has 0 bridgehead atoms. The minimum Gasteiger partial charge on any atom is -0.449 e. The Kier molecular flexibility index (Phi) is 3.61. The molecule has 4 nitrogen and oxygen atoms in total. The average Bonchev–Trinajstić information content (AvgIpc) is 2.39. The molecular formula is C15H12O4. The maximum atomic E-state index is 12.3. The second-order valence-electron chi connectivity index (χ2n) is 4.06. The molecule has 0 amide bonds. The van der Waals surface area contributed by atoms with E-state index in [1.807, 2.05) is 19.1 Å². The summed E-state index contributed by atoms with van der Waals surface area (Å²) in [6.07, 6.45) is -1.44. The molecule has 19 heavy (non-hydrogen) atoms. The van der Waals surface area contributed by atoms with Gasteiger partial charge in [-0.05, 0) is 19.1 Å². The summed E-state index contributed by atoms with van der Waals surface area (Å²) in [6.45, 7) is 1.93. The Balaban J connectivity index is 2.38. The number of hydrogen-bond donors (Lipinski definition) is 1. The van der Waals surface area contributed by atoms with Gasteiger partial charge in [-0.2, -0.15) is 0 Å². The van der Waals surface area contributed by atoms with Crippen molar-refractivity contribution in [1.29, 1.82) is 0 Å². The van der Waals surface area contributed by atoms with E-state index < -0.39 is 6.16 Å². The number of ketones is 1. The van der Waals surface area contributed by atoms with E-state index in [0.29, 0.717) is 5.56 Å². The minimum absolute atomic E-state index is 0.0422. The third kappa shape index (κ3) is 2.98. The summed E-state index contributed by atoms with van der Waals surface area (Å²) in [7, 11) is 0. The van der Waals surface area contributed by atoms with Crippen molar-refractivity contribution in [1.82, 2.24) is 0 Å². The molecule has 4 heteroatoms. The average molecular weight is 256 g/mol. The molecule has 96 valence electrons. The Morgan fingerprint density at radius 3 is 2.26 bits per heavy atom. The van der Waals surface area contributed by atoms with E-state index in [1.165, 1.54) is 6.07 Å². The van der Waals surface area contributed by atoms with E-state index in [0.717, 1.165) is 5.56 Å². The van der Waals surface area contributed by atoms with E-state index >= 15 is 0 Å². The standard InChI is InChI=1S/C15H12O4/c1-10-6-8-11(9-7-10)14(16)12-4-2-3-5-13(12)19-15(17)18/h2-9H,1H3,(H,17,18). The predicted octanol–water partition coefficient (Wildman–Crippen LogP) is 3.28. The molecule has 0 fully saturated rings. The van der Waals surface area contributed by atoms with Gasteiger partial charge in [-0.25, -0.2) is 4.79 Å². The number of carbonyl (C=O) groups is 2. The number of benzene rings is 2. The van der Waals surface area contributed by atoms with Gasteiger partial charge in [0.05, 0.1) is 5.56 Å². The largest absolute Gasteiger partial charge is 0.511 e. The molecule has 0 aliphatic carbocycles. The second kappa shape index (κ2) is 5.35. The first kappa shape index (κ1) is 12.8. The van der Waals surface area contributed by atoms with Crippen LogP contribution in [0.2, 0.25) is 0 Å². The number of aryl methyl sites for hydroxylation is 1. The lowest BCUT2D eigenvalue weighted by Gasteiger charge is -2.07. The number of carboxylic acid groups (broad SMARTS) is 1. The first-order valence-electron chi connectivity index (χ1n) is 5.69. The van der Waals surface area contributed by atoms with Crippen LogP contribution >= 0.6 is 0 Å². The molecule has 2 rings (SSSR count). The van der Waals surface area contributed by atoms with E-state index in [1.54, 1.807) is 30.3 Å². The highest BCUT2D eigenvalue weighted by molar-refractivity contribution is 6.10. The molecular weight excluding hydrogens is 244 g/mol. The zero-order valence-electron chi connectivity index (χ0n) is 10.3. The first-order chi connectivity index (χ1) is 9.08. The molecule has 0 aliphatic rings. The molecule has 0 aromatic heterocycles. The van der Waals surface area contributed by atoms with Crippen molar-refractivity contribution in [3.8, 4) is 5.75 Å². The van der Waals surface area contributed by atoms with E-state index in [9.17, 15) is 9.59 Å². The molecule has 0 saturated heterocycles. The monoisotopic (exact) mass is 256 g/mol. The lowest BCUT2D eigenvalue weighted by Crippen LogP contribution is -2.09. The fourth-order valence-electron chi connectivity index (χ4n) is 1.70. The highest BCUT2D eigenvalue weighted by atomic mass is 16.7. The lowest BCUT2D eigenvalue weighted by atomic mass is 10.0. The zero-order chi connectivity index (χ0) is 13.8. The van der Waals surface area contributed by atoms with Gasteiger partial charge < -0.3 is 9.84 Å². The second-order valence-corrected chi connectivity index (χ2v) is 4.06. The van der Waals surface area contributed by atoms with Crippen LogP contribution in [0.25, 0.3) is 0 Å². The van der Waals surface area contributed by atoms with E-state index in [2.05, 4.69) is 4.74 Å². The van der Waals surface area contributed by atoms with Gasteiger partial charge in [0, 0.05) is 5.56 Å². The zero-order valence-corrected chi connectivity index (χ0v) is 10.3. The van der Waals surface area contributed by atoms with Gasteiger partial charge in [0.15, 0.2) is 5.78 Å². The topological polar surface area (TPSA) is 63.6 Å². The normalized spacial score (nSPS) is 9.95. The van der Waals surface area contributed by atoms with Crippen molar-refractivity contribution in [3.05, 3.63) is 65.2 Å². The number of hydrogen-bond acceptors (Lipinski definition) is 3. The van der Waals surface area contributed by atoms with Crippen LogP contribution in [0, 0.1) is 6.92 Å². The van der Waals surface area contributed by atoms with Crippen LogP contribution in [-0.4, -0.2) is 17.0 Å². The van der Waals surface area contributed by atoms with Crippen molar-refractivity contribution in [2.24, 2.45) is 0 Å². The number of para-hydroxylation sites is 1. The maximum Gasteiger partial charge on any atom is 0.511 e. The Bertz CT molecular complexity index is 614. The van der Waals surface area contributed by atoms with Gasteiger partial charge in [0.25, 0.3) is 0 Å². The summed E-state index contributed by atoms with van der Waals surface area (Å²) in [5.41, 5.74) is 1.77. The van der Waals surface area contributed by atoms with Crippen LogP contribution in [0.4, 0.5) is 4.79 Å². The first-order valence-corrected chi connectivity index (χ1v) is 5.69. The van der Waals surface area contributed by atoms with Gasteiger partial charge in [0.2, 0.25) is 0 Å². The Hall–Kier alpha value is -2.62. The fraction of sp³-hybridized carbons (Fsp3) is 0.0667. The Morgan fingerprint density at radius 2 is 1.63 bits per heavy atom. The highest BCUT2D eigenvalue weighted by Gasteiger charge is 2.15. The summed E-state index contributed by atoms with van der Waals surface area (Å²) in [5.74, 6) is -0.225. The van der Waals surface area contributed by atoms with Crippen molar-refractivity contribution in [2.45, 2.75) is 6.92 Å². The van der Waals surface area contributed by atoms with Crippen LogP contribution in [0.5, 0.6) is 5.75 Å². The summed E-state index contributed by atoms with van der Waals surface area (Å²) >= 11 is 0. The summed E-state index contributed by atoms with van der Waals surface area (Å²) < 4.78 is 4.61. The molecule has 0 spiro atoms. The van der Waals surface area contributed by atoms with Gasteiger partial charge in [-0.15, -0.1) is 0 Å². The van der Waals surface area contributed by atoms with Crippen molar-refractivity contribution in [2.75, 3.05) is 0 Å². The quantitative estimate of drug-likeness (QED) is 0.520. The number of ether oxygens (including phenoxy) is 1.